The molecule has 1 unspecified atom stereocenters. The summed E-state index contributed by atoms with van der Waals surface area (Å²) in [5.41, 5.74) is 4.99. The molecule has 1 nitrogen and oxygen atoms in total. The van der Waals surface area contributed by atoms with Gasteiger partial charge in [-0.3, -0.25) is 0 Å². The Morgan fingerprint density at radius 1 is 0.857 bits per heavy atom. The van der Waals surface area contributed by atoms with Crippen molar-refractivity contribution in [1.82, 2.24) is 4.57 Å². The third-order valence-corrected chi connectivity index (χ3v) is 4.18. The van der Waals surface area contributed by atoms with E-state index in [1.807, 2.05) is 12.1 Å². The fourth-order valence-electron chi connectivity index (χ4n) is 2.80. The van der Waals surface area contributed by atoms with E-state index in [1.165, 1.54) is 22.5 Å². The topological polar surface area (TPSA) is 4.93 Å². The van der Waals surface area contributed by atoms with Crippen LogP contribution in [0.1, 0.15) is 24.2 Å². The van der Waals surface area contributed by atoms with Gasteiger partial charge in [-0.1, -0.05) is 54.1 Å². The van der Waals surface area contributed by atoms with Crippen LogP contribution in [0.2, 0.25) is 5.02 Å². The number of nitrogens with zero attached hydrogens (tertiary/aromatic N) is 1. The molecule has 3 rings (SSSR count). The SMILES string of the molecule is Cc1ccc(-c2ccc(Cl)cc2)n1C(C)c1ccccc1. The van der Waals surface area contributed by atoms with E-state index in [4.69, 9.17) is 11.6 Å². The van der Waals surface area contributed by atoms with E-state index in [1.54, 1.807) is 0 Å². The van der Waals surface area contributed by atoms with E-state index in [0.717, 1.165) is 5.02 Å². The zero-order chi connectivity index (χ0) is 14.8. The lowest BCUT2D eigenvalue weighted by Crippen LogP contribution is -2.09. The fourth-order valence-corrected chi connectivity index (χ4v) is 2.93. The van der Waals surface area contributed by atoms with E-state index in [0.29, 0.717) is 6.04 Å². The maximum Gasteiger partial charge on any atom is 0.0560 e. The minimum absolute atomic E-state index is 0.298. The Balaban J connectivity index is 2.07. The molecule has 0 radical (unpaired) electrons. The molecule has 106 valence electrons. The minimum Gasteiger partial charge on any atom is -0.338 e. The quantitative estimate of drug-likeness (QED) is 0.582. The number of benzene rings is 2. The van der Waals surface area contributed by atoms with Gasteiger partial charge in [0.1, 0.15) is 0 Å². The van der Waals surface area contributed by atoms with Gasteiger partial charge in [0, 0.05) is 16.4 Å². The molecule has 0 amide bonds. The van der Waals surface area contributed by atoms with Crippen LogP contribution in [-0.2, 0) is 0 Å². The summed E-state index contributed by atoms with van der Waals surface area (Å²) in [5, 5.41) is 0.768. The second kappa shape index (κ2) is 5.79. The predicted molar refractivity (Wildman–Crippen MR) is 89.9 cm³/mol. The highest BCUT2D eigenvalue weighted by Crippen LogP contribution is 2.30. The Morgan fingerprint density at radius 3 is 2.19 bits per heavy atom. The summed E-state index contributed by atoms with van der Waals surface area (Å²) in [6.07, 6.45) is 0. The van der Waals surface area contributed by atoms with Crippen LogP contribution in [0.15, 0.2) is 66.7 Å². The third kappa shape index (κ3) is 2.74. The molecule has 0 bridgehead atoms. The van der Waals surface area contributed by atoms with Crippen molar-refractivity contribution in [1.29, 1.82) is 0 Å². The van der Waals surface area contributed by atoms with Crippen molar-refractivity contribution in [2.75, 3.05) is 0 Å². The second-order valence-corrected chi connectivity index (χ2v) is 5.76. The van der Waals surface area contributed by atoms with Crippen molar-refractivity contribution in [2.24, 2.45) is 0 Å². The van der Waals surface area contributed by atoms with Gasteiger partial charge in [-0.15, -0.1) is 0 Å². The van der Waals surface area contributed by atoms with Crippen molar-refractivity contribution in [3.63, 3.8) is 0 Å². The molecule has 3 aromatic rings. The first-order valence-corrected chi connectivity index (χ1v) is 7.53. The smallest absolute Gasteiger partial charge is 0.0560 e. The molecule has 0 fully saturated rings. The summed E-state index contributed by atoms with van der Waals surface area (Å²) in [7, 11) is 0. The largest absolute Gasteiger partial charge is 0.338 e. The molecule has 0 aliphatic rings. The lowest BCUT2D eigenvalue weighted by Gasteiger charge is -2.20. The van der Waals surface area contributed by atoms with Crippen LogP contribution in [0.25, 0.3) is 11.3 Å². The maximum atomic E-state index is 6.00. The van der Waals surface area contributed by atoms with Crippen LogP contribution in [0.3, 0.4) is 0 Å². The molecular formula is C19H18ClN. The summed E-state index contributed by atoms with van der Waals surface area (Å²) in [4.78, 5) is 0. The molecule has 0 aliphatic carbocycles. The normalized spacial score (nSPS) is 12.3. The van der Waals surface area contributed by atoms with E-state index >= 15 is 0 Å². The Bertz CT molecular complexity index is 726. The summed E-state index contributed by atoms with van der Waals surface area (Å²) < 4.78 is 2.37. The van der Waals surface area contributed by atoms with Gasteiger partial charge < -0.3 is 4.57 Å². The lowest BCUT2D eigenvalue weighted by atomic mass is 10.1. The molecule has 21 heavy (non-hydrogen) atoms. The number of halogens is 1. The van der Waals surface area contributed by atoms with Crippen LogP contribution < -0.4 is 0 Å². The molecule has 0 saturated carbocycles. The predicted octanol–water partition coefficient (Wildman–Crippen LogP) is 5.73. The van der Waals surface area contributed by atoms with E-state index < -0.39 is 0 Å². The first-order valence-electron chi connectivity index (χ1n) is 7.15. The molecule has 2 aromatic carbocycles. The van der Waals surface area contributed by atoms with Crippen LogP contribution in [-0.4, -0.2) is 4.57 Å². The van der Waals surface area contributed by atoms with Gasteiger partial charge in [-0.05, 0) is 49.2 Å². The van der Waals surface area contributed by atoms with Gasteiger partial charge in [-0.2, -0.15) is 0 Å². The first kappa shape index (κ1) is 14.0. The molecular weight excluding hydrogens is 278 g/mol. The second-order valence-electron chi connectivity index (χ2n) is 5.32. The van der Waals surface area contributed by atoms with Crippen molar-refractivity contribution in [3.8, 4) is 11.3 Å². The highest BCUT2D eigenvalue weighted by atomic mass is 35.5. The van der Waals surface area contributed by atoms with Crippen LogP contribution in [0.5, 0.6) is 0 Å². The average molecular weight is 296 g/mol. The summed E-state index contributed by atoms with van der Waals surface area (Å²) in [6.45, 7) is 4.39. The lowest BCUT2D eigenvalue weighted by molar-refractivity contribution is 0.633. The van der Waals surface area contributed by atoms with Gasteiger partial charge in [0.25, 0.3) is 0 Å². The average Bonchev–Trinajstić information content (AvgIpc) is 2.90. The van der Waals surface area contributed by atoms with Crippen molar-refractivity contribution < 1.29 is 0 Å². The van der Waals surface area contributed by atoms with Crippen LogP contribution >= 0.6 is 11.6 Å². The fraction of sp³-hybridized carbons (Fsp3) is 0.158. The number of aryl methyl sites for hydroxylation is 1. The molecule has 0 saturated heterocycles. The first-order chi connectivity index (χ1) is 10.2. The van der Waals surface area contributed by atoms with Crippen molar-refractivity contribution >= 4 is 11.6 Å². The van der Waals surface area contributed by atoms with Gasteiger partial charge >= 0.3 is 0 Å². The van der Waals surface area contributed by atoms with E-state index in [9.17, 15) is 0 Å². The van der Waals surface area contributed by atoms with Crippen LogP contribution in [0, 0.1) is 6.92 Å². The minimum atomic E-state index is 0.298. The Morgan fingerprint density at radius 2 is 1.52 bits per heavy atom. The van der Waals surface area contributed by atoms with Gasteiger partial charge in [0.15, 0.2) is 0 Å². The molecule has 1 heterocycles. The highest BCUT2D eigenvalue weighted by Gasteiger charge is 2.14. The number of hydrogen-bond donors (Lipinski definition) is 0. The Kier molecular flexibility index (Phi) is 3.85. The third-order valence-electron chi connectivity index (χ3n) is 3.93. The standard InChI is InChI=1S/C19H18ClN/c1-14-8-13-19(17-9-11-18(20)12-10-17)21(14)15(2)16-6-4-3-5-7-16/h3-13,15H,1-2H3. The summed E-state index contributed by atoms with van der Waals surface area (Å²) in [5.74, 6) is 0. The number of hydrogen-bond acceptors (Lipinski definition) is 0. The molecule has 2 heteroatoms. The van der Waals surface area contributed by atoms with Gasteiger partial charge in [-0.25, -0.2) is 0 Å². The van der Waals surface area contributed by atoms with Gasteiger partial charge in [0.05, 0.1) is 6.04 Å². The highest BCUT2D eigenvalue weighted by molar-refractivity contribution is 6.30. The zero-order valence-corrected chi connectivity index (χ0v) is 13.0. The van der Waals surface area contributed by atoms with E-state index in [-0.39, 0.29) is 0 Å². The Hall–Kier alpha value is -1.99. The summed E-state index contributed by atoms with van der Waals surface area (Å²) >= 11 is 6.00. The summed E-state index contributed by atoms with van der Waals surface area (Å²) in [6, 6.07) is 23.3. The monoisotopic (exact) mass is 295 g/mol. The maximum absolute atomic E-state index is 6.00. The Labute approximate surface area is 130 Å². The van der Waals surface area contributed by atoms with Crippen molar-refractivity contribution in [3.05, 3.63) is 83.0 Å². The van der Waals surface area contributed by atoms with Gasteiger partial charge in [0.2, 0.25) is 0 Å². The van der Waals surface area contributed by atoms with Crippen molar-refractivity contribution in [2.45, 2.75) is 19.9 Å². The van der Waals surface area contributed by atoms with Crippen LogP contribution in [0.4, 0.5) is 0 Å². The van der Waals surface area contributed by atoms with E-state index in [2.05, 4.69) is 73.0 Å². The number of aromatic nitrogens is 1. The molecule has 0 aliphatic heterocycles. The zero-order valence-electron chi connectivity index (χ0n) is 12.3. The number of rotatable bonds is 3. The molecule has 0 spiro atoms. The molecule has 1 atom stereocenters. The molecule has 0 N–H and O–H groups in total. The molecule has 1 aromatic heterocycles.